The van der Waals surface area contributed by atoms with Crippen molar-refractivity contribution in [1.29, 1.82) is 0 Å². The Labute approximate surface area is 166 Å². The van der Waals surface area contributed by atoms with E-state index in [1.807, 2.05) is 7.05 Å². The quantitative estimate of drug-likeness (QED) is 0.811. The van der Waals surface area contributed by atoms with Crippen LogP contribution in [0.3, 0.4) is 0 Å². The van der Waals surface area contributed by atoms with E-state index in [2.05, 4.69) is 52.0 Å². The van der Waals surface area contributed by atoms with Gasteiger partial charge in [-0.2, -0.15) is 0 Å². The fraction of sp³-hybridized carbons (Fsp3) is 0.500. The molecule has 1 aromatic heterocycles. The number of benzene rings is 1. The van der Waals surface area contributed by atoms with Crippen LogP contribution >= 0.6 is 12.2 Å². The fourth-order valence-corrected chi connectivity index (χ4v) is 5.76. The molecule has 5 rings (SSSR count). The number of hydrogen-bond donors (Lipinski definition) is 1. The van der Waals surface area contributed by atoms with E-state index in [1.54, 1.807) is 5.56 Å². The summed E-state index contributed by atoms with van der Waals surface area (Å²) >= 11 is 5.25. The highest BCUT2D eigenvalue weighted by atomic mass is 32.1. The number of para-hydroxylation sites is 1. The lowest BCUT2D eigenvalue weighted by Crippen LogP contribution is -2.50. The van der Waals surface area contributed by atoms with Crippen molar-refractivity contribution in [2.45, 2.75) is 38.6 Å². The predicted octanol–water partition coefficient (Wildman–Crippen LogP) is 4.11. The Hall–Kier alpha value is -1.85. The Balaban J connectivity index is 1.74. The third-order valence-corrected chi connectivity index (χ3v) is 7.20. The first-order valence-corrected chi connectivity index (χ1v) is 10.5. The molecular weight excluding hydrogens is 354 g/mol. The molecule has 0 amide bonds. The molecule has 0 aliphatic carbocycles. The SMILES string of the molecule is CC[C@@]12C=C(COC(=S)NC)n3c4c(c5ccccc53)CCN(CCC1)[C@H]42. The van der Waals surface area contributed by atoms with E-state index in [4.69, 9.17) is 17.0 Å². The molecule has 142 valence electrons. The second-order valence-electron chi connectivity index (χ2n) is 8.06. The molecule has 1 aromatic carbocycles. The van der Waals surface area contributed by atoms with Gasteiger partial charge in [-0.1, -0.05) is 31.2 Å². The van der Waals surface area contributed by atoms with Crippen molar-refractivity contribution in [3.63, 3.8) is 0 Å². The second-order valence-corrected chi connectivity index (χ2v) is 8.43. The van der Waals surface area contributed by atoms with E-state index in [9.17, 15) is 0 Å². The first kappa shape index (κ1) is 17.3. The van der Waals surface area contributed by atoms with Crippen LogP contribution in [0.15, 0.2) is 30.3 Å². The highest BCUT2D eigenvalue weighted by Gasteiger charge is 2.50. The molecule has 2 atom stereocenters. The molecule has 0 saturated carbocycles. The molecule has 3 aliphatic heterocycles. The van der Waals surface area contributed by atoms with Crippen molar-refractivity contribution in [3.8, 4) is 0 Å². The van der Waals surface area contributed by atoms with Gasteiger partial charge in [0.1, 0.15) is 6.61 Å². The average Bonchev–Trinajstić information content (AvgIpc) is 3.06. The first-order valence-electron chi connectivity index (χ1n) is 10.1. The summed E-state index contributed by atoms with van der Waals surface area (Å²) in [5, 5.41) is 4.80. The van der Waals surface area contributed by atoms with Crippen LogP contribution in [-0.4, -0.2) is 41.4 Å². The Morgan fingerprint density at radius 1 is 1.33 bits per heavy atom. The van der Waals surface area contributed by atoms with Gasteiger partial charge >= 0.3 is 0 Å². The van der Waals surface area contributed by atoms with Crippen LogP contribution in [0, 0.1) is 5.41 Å². The van der Waals surface area contributed by atoms with Crippen molar-refractivity contribution in [3.05, 3.63) is 41.6 Å². The topological polar surface area (TPSA) is 29.4 Å². The van der Waals surface area contributed by atoms with Crippen LogP contribution in [-0.2, 0) is 11.2 Å². The number of fused-ring (bicyclic) bond motifs is 3. The van der Waals surface area contributed by atoms with Gasteiger partial charge in [0.15, 0.2) is 0 Å². The molecule has 1 fully saturated rings. The van der Waals surface area contributed by atoms with Gasteiger partial charge in [-0.25, -0.2) is 0 Å². The summed E-state index contributed by atoms with van der Waals surface area (Å²) in [6.45, 7) is 5.26. The van der Waals surface area contributed by atoms with E-state index in [-0.39, 0.29) is 5.41 Å². The maximum atomic E-state index is 5.88. The highest BCUT2D eigenvalue weighted by molar-refractivity contribution is 7.80. The van der Waals surface area contributed by atoms with Crippen molar-refractivity contribution >= 4 is 34.0 Å². The molecule has 0 bridgehead atoms. The lowest BCUT2D eigenvalue weighted by Gasteiger charge is -2.53. The zero-order valence-corrected chi connectivity index (χ0v) is 16.9. The van der Waals surface area contributed by atoms with Gasteiger partial charge in [-0.15, -0.1) is 0 Å². The Morgan fingerprint density at radius 3 is 3.00 bits per heavy atom. The van der Waals surface area contributed by atoms with Crippen LogP contribution < -0.4 is 5.32 Å². The maximum absolute atomic E-state index is 5.88. The minimum atomic E-state index is 0.206. The third kappa shape index (κ3) is 2.41. The molecule has 0 spiro atoms. The van der Waals surface area contributed by atoms with E-state index in [0.29, 0.717) is 17.8 Å². The van der Waals surface area contributed by atoms with Gasteiger partial charge in [0.05, 0.1) is 17.3 Å². The Morgan fingerprint density at radius 2 is 2.19 bits per heavy atom. The van der Waals surface area contributed by atoms with Crippen LogP contribution in [0.5, 0.6) is 0 Å². The largest absolute Gasteiger partial charge is 0.465 e. The van der Waals surface area contributed by atoms with E-state index >= 15 is 0 Å². The van der Waals surface area contributed by atoms with Crippen molar-refractivity contribution in [2.75, 3.05) is 26.7 Å². The molecule has 2 aromatic rings. The molecule has 1 N–H and O–H groups in total. The van der Waals surface area contributed by atoms with E-state index in [1.165, 1.54) is 48.2 Å². The maximum Gasteiger partial charge on any atom is 0.256 e. The number of ether oxygens (including phenoxy) is 1. The van der Waals surface area contributed by atoms with Gasteiger partial charge < -0.3 is 14.6 Å². The summed E-state index contributed by atoms with van der Waals surface area (Å²) in [5.74, 6) is 0. The van der Waals surface area contributed by atoms with Crippen molar-refractivity contribution in [1.82, 2.24) is 14.8 Å². The average molecular weight is 382 g/mol. The smallest absolute Gasteiger partial charge is 0.256 e. The molecular formula is C22H27N3OS. The summed E-state index contributed by atoms with van der Waals surface area (Å²) in [7, 11) is 1.81. The molecule has 0 unspecified atom stereocenters. The molecule has 27 heavy (non-hydrogen) atoms. The number of hydrogen-bond acceptors (Lipinski definition) is 3. The summed E-state index contributed by atoms with van der Waals surface area (Å²) in [6.07, 6.45) is 7.36. The van der Waals surface area contributed by atoms with E-state index in [0.717, 1.165) is 12.8 Å². The Bertz CT molecular complexity index is 946. The molecule has 1 saturated heterocycles. The monoisotopic (exact) mass is 381 g/mol. The second kappa shape index (κ2) is 6.35. The normalized spacial score (nSPS) is 26.4. The number of piperidine rings is 1. The van der Waals surface area contributed by atoms with Crippen molar-refractivity contribution < 1.29 is 4.74 Å². The van der Waals surface area contributed by atoms with Crippen LogP contribution in [0.4, 0.5) is 0 Å². The van der Waals surface area contributed by atoms with E-state index < -0.39 is 0 Å². The minimum Gasteiger partial charge on any atom is -0.465 e. The highest BCUT2D eigenvalue weighted by Crippen LogP contribution is 2.56. The summed E-state index contributed by atoms with van der Waals surface area (Å²) in [4.78, 5) is 2.73. The molecule has 0 radical (unpaired) electrons. The number of aromatic nitrogens is 1. The molecule has 4 nitrogen and oxygen atoms in total. The Kier molecular flexibility index (Phi) is 4.06. The molecule has 5 heteroatoms. The predicted molar refractivity (Wildman–Crippen MR) is 114 cm³/mol. The number of rotatable bonds is 3. The lowest BCUT2D eigenvalue weighted by molar-refractivity contribution is 0.0264. The van der Waals surface area contributed by atoms with Gasteiger partial charge in [-0.3, -0.25) is 4.90 Å². The zero-order chi connectivity index (χ0) is 18.6. The standard InChI is InChI=1S/C22H27N3OS/c1-3-22-10-6-11-24-12-9-17-16-7-4-5-8-18(16)25(19(17)20(22)24)15(13-22)14-26-21(27)23-2/h4-5,7-8,13,20H,3,6,9-12,14H2,1-2H3,(H,23,27)/t20-,22+/m1/s1. The number of nitrogens with one attached hydrogen (secondary N) is 1. The van der Waals surface area contributed by atoms with Crippen LogP contribution in [0.25, 0.3) is 16.6 Å². The number of thiocarbonyl (C=S) groups is 1. The fourth-order valence-electron chi connectivity index (χ4n) is 5.71. The molecule has 3 aliphatic rings. The summed E-state index contributed by atoms with van der Waals surface area (Å²) in [5.41, 5.74) is 5.82. The van der Waals surface area contributed by atoms with Gasteiger partial charge in [-0.05, 0) is 56.1 Å². The summed E-state index contributed by atoms with van der Waals surface area (Å²) in [6, 6.07) is 9.35. The number of nitrogens with zero attached hydrogens (tertiary/aromatic N) is 2. The van der Waals surface area contributed by atoms with Gasteiger partial charge in [0.2, 0.25) is 0 Å². The molecule has 4 heterocycles. The lowest BCUT2D eigenvalue weighted by atomic mass is 9.66. The van der Waals surface area contributed by atoms with Crippen molar-refractivity contribution in [2.24, 2.45) is 5.41 Å². The zero-order valence-electron chi connectivity index (χ0n) is 16.1. The summed E-state index contributed by atoms with van der Waals surface area (Å²) < 4.78 is 8.36. The van der Waals surface area contributed by atoms with Gasteiger partial charge in [0, 0.05) is 30.1 Å². The van der Waals surface area contributed by atoms with Gasteiger partial charge in [0.25, 0.3) is 5.17 Å². The third-order valence-electron chi connectivity index (χ3n) is 6.88. The van der Waals surface area contributed by atoms with Crippen LogP contribution in [0.1, 0.15) is 43.5 Å². The minimum absolute atomic E-state index is 0.206. The first-order chi connectivity index (χ1) is 13.2. The van der Waals surface area contributed by atoms with Crippen LogP contribution in [0.2, 0.25) is 0 Å².